The summed E-state index contributed by atoms with van der Waals surface area (Å²) in [6.07, 6.45) is 54.0. The van der Waals surface area contributed by atoms with Gasteiger partial charge in [-0.1, -0.05) is 212 Å². The smallest absolute Gasteiger partial charge is 0.305 e. The third-order valence-electron chi connectivity index (χ3n) is 10.2. The summed E-state index contributed by atoms with van der Waals surface area (Å²) >= 11 is 0. The Bertz CT molecular complexity index is 688. The summed E-state index contributed by atoms with van der Waals surface area (Å²) in [7, 11) is 0. The molecule has 0 rings (SSSR count). The lowest BCUT2D eigenvalue weighted by Crippen LogP contribution is -2.05. The third kappa shape index (κ3) is 44.7. The first-order valence-electron chi connectivity index (χ1n) is 22.2. The molecule has 0 aliphatic carbocycles. The molecule has 4 nitrogen and oxygen atoms in total. The van der Waals surface area contributed by atoms with Crippen molar-refractivity contribution in [2.75, 3.05) is 6.61 Å². The van der Waals surface area contributed by atoms with Gasteiger partial charge < -0.3 is 9.84 Å². The number of carboxylic acids is 1. The van der Waals surface area contributed by atoms with E-state index in [9.17, 15) is 9.59 Å². The van der Waals surface area contributed by atoms with E-state index in [1.807, 2.05) is 0 Å². The van der Waals surface area contributed by atoms with E-state index < -0.39 is 5.97 Å². The lowest BCUT2D eigenvalue weighted by molar-refractivity contribution is -0.144. The molecule has 0 spiro atoms. The van der Waals surface area contributed by atoms with Gasteiger partial charge in [0.15, 0.2) is 0 Å². The molecule has 1 N–H and O–H groups in total. The fraction of sp³-hybridized carbons (Fsp3) is 0.911. The predicted octanol–water partition coefficient (Wildman–Crippen LogP) is 15.4. The molecule has 0 heterocycles. The van der Waals surface area contributed by atoms with Crippen LogP contribution < -0.4 is 0 Å². The van der Waals surface area contributed by atoms with Crippen LogP contribution in [0.1, 0.15) is 257 Å². The number of hydrogen-bond acceptors (Lipinski definition) is 3. The van der Waals surface area contributed by atoms with E-state index in [2.05, 4.69) is 19.1 Å². The molecule has 0 aromatic carbocycles. The highest BCUT2D eigenvalue weighted by Gasteiger charge is 2.03. The number of allylic oxidation sites excluding steroid dienone is 2. The summed E-state index contributed by atoms with van der Waals surface area (Å²) in [5.41, 5.74) is 0. The zero-order valence-electron chi connectivity index (χ0n) is 33.1. The molecular weight excluding hydrogens is 604 g/mol. The van der Waals surface area contributed by atoms with Gasteiger partial charge in [-0.2, -0.15) is 0 Å². The van der Waals surface area contributed by atoms with E-state index in [0.29, 0.717) is 19.4 Å². The van der Waals surface area contributed by atoms with Crippen LogP contribution in [0.15, 0.2) is 12.2 Å². The second-order valence-corrected chi connectivity index (χ2v) is 15.2. The highest BCUT2D eigenvalue weighted by Crippen LogP contribution is 2.16. The Hall–Kier alpha value is -1.32. The average molecular weight is 691 g/mol. The van der Waals surface area contributed by atoms with E-state index in [0.717, 1.165) is 25.7 Å². The van der Waals surface area contributed by atoms with Gasteiger partial charge in [0.25, 0.3) is 0 Å². The number of carbonyl (C=O) groups excluding carboxylic acids is 1. The van der Waals surface area contributed by atoms with E-state index in [1.54, 1.807) is 0 Å². The Balaban J connectivity index is 3.16. The molecule has 0 amide bonds. The number of ether oxygens (including phenoxy) is 1. The first-order valence-corrected chi connectivity index (χ1v) is 22.2. The summed E-state index contributed by atoms with van der Waals surface area (Å²) < 4.78 is 5.47. The fourth-order valence-corrected chi connectivity index (χ4v) is 6.87. The number of esters is 1. The second-order valence-electron chi connectivity index (χ2n) is 15.2. The van der Waals surface area contributed by atoms with Crippen molar-refractivity contribution in [1.29, 1.82) is 0 Å². The van der Waals surface area contributed by atoms with Gasteiger partial charge in [0.1, 0.15) is 0 Å². The molecule has 0 aliphatic heterocycles. The van der Waals surface area contributed by atoms with Crippen LogP contribution in [0.2, 0.25) is 0 Å². The molecule has 0 fully saturated rings. The molecule has 0 atom stereocenters. The zero-order valence-corrected chi connectivity index (χ0v) is 33.1. The third-order valence-corrected chi connectivity index (χ3v) is 10.2. The van der Waals surface area contributed by atoms with Crippen LogP contribution in [0, 0.1) is 0 Å². The van der Waals surface area contributed by atoms with Gasteiger partial charge in [-0.25, -0.2) is 0 Å². The highest BCUT2D eigenvalue weighted by atomic mass is 16.5. The maximum Gasteiger partial charge on any atom is 0.305 e. The molecule has 0 aliphatic rings. The molecule has 0 radical (unpaired) electrons. The van der Waals surface area contributed by atoms with Crippen LogP contribution in [0.25, 0.3) is 0 Å². The highest BCUT2D eigenvalue weighted by molar-refractivity contribution is 5.69. The average Bonchev–Trinajstić information content (AvgIpc) is 3.09. The Morgan fingerprint density at radius 3 is 1.02 bits per heavy atom. The molecular formula is C45H86O4. The molecule has 0 saturated heterocycles. The van der Waals surface area contributed by atoms with Gasteiger partial charge >= 0.3 is 11.9 Å². The number of carbonyl (C=O) groups is 2. The Morgan fingerprint density at radius 1 is 0.388 bits per heavy atom. The van der Waals surface area contributed by atoms with Gasteiger partial charge in [0.05, 0.1) is 6.61 Å². The van der Waals surface area contributed by atoms with Crippen molar-refractivity contribution >= 4 is 11.9 Å². The molecule has 0 aromatic rings. The second kappa shape index (κ2) is 42.8. The van der Waals surface area contributed by atoms with E-state index in [4.69, 9.17) is 9.84 Å². The number of aliphatic carboxylic acids is 1. The summed E-state index contributed by atoms with van der Waals surface area (Å²) in [6.45, 7) is 2.89. The zero-order chi connectivity index (χ0) is 35.6. The van der Waals surface area contributed by atoms with Crippen LogP contribution in [0.4, 0.5) is 0 Å². The fourth-order valence-electron chi connectivity index (χ4n) is 6.87. The quantitative estimate of drug-likeness (QED) is 0.0393. The largest absolute Gasteiger partial charge is 0.481 e. The molecule has 0 saturated carbocycles. The normalized spacial score (nSPS) is 11.5. The van der Waals surface area contributed by atoms with E-state index in [1.165, 1.54) is 212 Å². The van der Waals surface area contributed by atoms with Gasteiger partial charge in [-0.15, -0.1) is 0 Å². The topological polar surface area (TPSA) is 63.6 Å². The van der Waals surface area contributed by atoms with Crippen molar-refractivity contribution in [3.63, 3.8) is 0 Å². The van der Waals surface area contributed by atoms with Gasteiger partial charge in [-0.3, -0.25) is 9.59 Å². The molecule has 0 bridgehead atoms. The van der Waals surface area contributed by atoms with Crippen LogP contribution in [-0.2, 0) is 14.3 Å². The Morgan fingerprint density at radius 2 is 0.673 bits per heavy atom. The van der Waals surface area contributed by atoms with Crippen molar-refractivity contribution in [3.05, 3.63) is 12.2 Å². The minimum atomic E-state index is -0.657. The Kier molecular flexibility index (Phi) is 41.7. The lowest BCUT2D eigenvalue weighted by Gasteiger charge is -2.06. The van der Waals surface area contributed by atoms with E-state index >= 15 is 0 Å². The van der Waals surface area contributed by atoms with Crippen LogP contribution in [0.3, 0.4) is 0 Å². The first-order chi connectivity index (χ1) is 24.2. The van der Waals surface area contributed by atoms with Crippen LogP contribution in [-0.4, -0.2) is 23.7 Å². The summed E-state index contributed by atoms with van der Waals surface area (Å²) in [5.74, 6) is -0.642. The molecule has 290 valence electrons. The standard InChI is InChI=1S/C45H86O4/c1-2-3-4-5-6-7-8-9-10-17-21-24-27-30-33-36-39-42-45(48)49-43-40-37-34-31-28-25-22-19-16-14-12-11-13-15-18-20-23-26-29-32-35-38-41-44(46)47/h7-8H,2-6,9-43H2,1H3,(H,46,47). The van der Waals surface area contributed by atoms with Crippen molar-refractivity contribution in [2.45, 2.75) is 257 Å². The predicted molar refractivity (Wildman–Crippen MR) is 213 cm³/mol. The van der Waals surface area contributed by atoms with Crippen molar-refractivity contribution in [1.82, 2.24) is 0 Å². The number of rotatable bonds is 42. The van der Waals surface area contributed by atoms with Crippen LogP contribution >= 0.6 is 0 Å². The van der Waals surface area contributed by atoms with Gasteiger partial charge in [0, 0.05) is 12.8 Å². The van der Waals surface area contributed by atoms with Gasteiger partial charge in [-0.05, 0) is 44.9 Å². The number of unbranched alkanes of at least 4 members (excludes halogenated alkanes) is 34. The number of carboxylic acid groups (broad SMARTS) is 1. The lowest BCUT2D eigenvalue weighted by atomic mass is 10.0. The minimum absolute atomic E-state index is 0.0148. The van der Waals surface area contributed by atoms with E-state index in [-0.39, 0.29) is 5.97 Å². The first kappa shape index (κ1) is 47.7. The van der Waals surface area contributed by atoms with Gasteiger partial charge in [0.2, 0.25) is 0 Å². The molecule has 49 heavy (non-hydrogen) atoms. The minimum Gasteiger partial charge on any atom is -0.481 e. The summed E-state index contributed by atoms with van der Waals surface area (Å²) in [4.78, 5) is 22.5. The van der Waals surface area contributed by atoms with Crippen molar-refractivity contribution in [2.24, 2.45) is 0 Å². The Labute approximate surface area is 306 Å². The SMILES string of the molecule is CCCCCCC=CCCCCCCCCCCCC(=O)OCCCCCCCCCCCCCCCCCCCCCCCCC(=O)O. The maximum absolute atomic E-state index is 12.0. The molecule has 0 unspecified atom stereocenters. The van der Waals surface area contributed by atoms with Crippen molar-refractivity contribution in [3.8, 4) is 0 Å². The van der Waals surface area contributed by atoms with Crippen LogP contribution in [0.5, 0.6) is 0 Å². The monoisotopic (exact) mass is 691 g/mol. The molecule has 4 heteroatoms. The van der Waals surface area contributed by atoms with Crippen molar-refractivity contribution < 1.29 is 19.4 Å². The summed E-state index contributed by atoms with van der Waals surface area (Å²) in [5, 5.41) is 8.65. The maximum atomic E-state index is 12.0. The summed E-state index contributed by atoms with van der Waals surface area (Å²) in [6, 6.07) is 0. The molecule has 0 aromatic heterocycles. The number of hydrogen-bond donors (Lipinski definition) is 1.